The predicted octanol–water partition coefficient (Wildman–Crippen LogP) is 2.88. The summed E-state index contributed by atoms with van der Waals surface area (Å²) in [4.78, 5) is 24.9. The number of aromatic nitrogens is 1. The number of benzene rings is 1. The minimum Gasteiger partial charge on any atom is -0.478 e. The number of hydrogen-bond acceptors (Lipinski definition) is 5. The Balaban J connectivity index is 2.37. The van der Waals surface area contributed by atoms with Crippen LogP contribution in [0.3, 0.4) is 0 Å². The smallest absolute Gasteiger partial charge is 0.338 e. The molecule has 0 saturated carbocycles. The van der Waals surface area contributed by atoms with E-state index in [0.29, 0.717) is 5.56 Å². The van der Waals surface area contributed by atoms with Crippen molar-refractivity contribution in [2.24, 2.45) is 0 Å². The van der Waals surface area contributed by atoms with E-state index in [1.165, 1.54) is 18.3 Å². The fourth-order valence-corrected chi connectivity index (χ4v) is 1.69. The van der Waals surface area contributed by atoms with Crippen LogP contribution in [0.4, 0.5) is 21.6 Å². The molecule has 0 unspecified atom stereocenters. The number of pyridine rings is 1. The number of carboxylic acids is 1. The molecular formula is C13H10FN3O4. The van der Waals surface area contributed by atoms with Gasteiger partial charge in [0.2, 0.25) is 5.82 Å². The lowest BCUT2D eigenvalue weighted by Gasteiger charge is -2.07. The van der Waals surface area contributed by atoms with E-state index < -0.39 is 22.3 Å². The molecule has 0 atom stereocenters. The molecule has 0 amide bonds. The lowest BCUT2D eigenvalue weighted by Crippen LogP contribution is -2.03. The molecule has 0 bridgehead atoms. The van der Waals surface area contributed by atoms with Crippen molar-refractivity contribution in [3.05, 3.63) is 57.5 Å². The average Bonchev–Trinajstić information content (AvgIpc) is 2.40. The van der Waals surface area contributed by atoms with Crippen LogP contribution in [-0.4, -0.2) is 21.0 Å². The SMILES string of the molecule is Cc1cnc(Nc2ccc(C(=O)O)c(F)c2)c([N+](=O)[O-])c1. The van der Waals surface area contributed by atoms with Crippen molar-refractivity contribution in [1.82, 2.24) is 4.98 Å². The molecule has 0 saturated heterocycles. The van der Waals surface area contributed by atoms with E-state index in [2.05, 4.69) is 10.3 Å². The van der Waals surface area contributed by atoms with Gasteiger partial charge in [0.05, 0.1) is 10.5 Å². The number of carboxylic acid groups (broad SMARTS) is 1. The fourth-order valence-electron chi connectivity index (χ4n) is 1.69. The molecule has 0 fully saturated rings. The molecule has 0 aliphatic carbocycles. The highest BCUT2D eigenvalue weighted by Gasteiger charge is 2.17. The number of aryl methyl sites for hydroxylation is 1. The minimum atomic E-state index is -1.39. The zero-order valence-corrected chi connectivity index (χ0v) is 10.8. The summed E-state index contributed by atoms with van der Waals surface area (Å²) in [5, 5.41) is 22.3. The molecule has 7 nitrogen and oxygen atoms in total. The van der Waals surface area contributed by atoms with Gasteiger partial charge in [-0.25, -0.2) is 14.2 Å². The quantitative estimate of drug-likeness (QED) is 0.662. The minimum absolute atomic E-state index is 0.0481. The van der Waals surface area contributed by atoms with Crippen LogP contribution in [0, 0.1) is 22.9 Å². The molecule has 0 spiro atoms. The van der Waals surface area contributed by atoms with Crippen LogP contribution >= 0.6 is 0 Å². The Hall–Kier alpha value is -3.03. The molecule has 0 aliphatic rings. The molecule has 21 heavy (non-hydrogen) atoms. The first-order valence-corrected chi connectivity index (χ1v) is 5.79. The maximum atomic E-state index is 13.6. The van der Waals surface area contributed by atoms with Gasteiger partial charge in [0.1, 0.15) is 5.82 Å². The molecule has 1 aromatic heterocycles. The molecule has 2 rings (SSSR count). The summed E-state index contributed by atoms with van der Waals surface area (Å²) in [7, 11) is 0. The number of nitrogens with zero attached hydrogens (tertiary/aromatic N) is 2. The standard InChI is InChI=1S/C13H10FN3O4/c1-7-4-11(17(20)21)12(15-6-7)16-8-2-3-9(13(18)19)10(14)5-8/h2-6H,1H3,(H,15,16)(H,18,19). The summed E-state index contributed by atoms with van der Waals surface area (Å²) in [6, 6.07) is 4.64. The summed E-state index contributed by atoms with van der Waals surface area (Å²) in [5.41, 5.74) is 0.0428. The number of aromatic carboxylic acids is 1. The molecule has 0 radical (unpaired) electrons. The number of rotatable bonds is 4. The Morgan fingerprint density at radius 3 is 2.71 bits per heavy atom. The van der Waals surface area contributed by atoms with Gasteiger partial charge in [-0.1, -0.05) is 0 Å². The van der Waals surface area contributed by atoms with Gasteiger partial charge < -0.3 is 10.4 Å². The lowest BCUT2D eigenvalue weighted by molar-refractivity contribution is -0.384. The van der Waals surface area contributed by atoms with Crippen LogP contribution in [0.25, 0.3) is 0 Å². The van der Waals surface area contributed by atoms with Crippen molar-refractivity contribution in [2.75, 3.05) is 5.32 Å². The number of halogens is 1. The summed E-state index contributed by atoms with van der Waals surface area (Å²) in [5.74, 6) is -2.38. The van der Waals surface area contributed by atoms with Crippen molar-refractivity contribution in [3.63, 3.8) is 0 Å². The predicted molar refractivity (Wildman–Crippen MR) is 72.3 cm³/mol. The number of hydrogen-bond donors (Lipinski definition) is 2. The number of anilines is 2. The monoisotopic (exact) mass is 291 g/mol. The van der Waals surface area contributed by atoms with E-state index in [0.717, 1.165) is 12.1 Å². The van der Waals surface area contributed by atoms with Gasteiger partial charge in [-0.05, 0) is 30.7 Å². The molecule has 1 heterocycles. The molecule has 2 N–H and O–H groups in total. The van der Waals surface area contributed by atoms with Gasteiger partial charge in [0.15, 0.2) is 0 Å². The van der Waals surface area contributed by atoms with Crippen molar-refractivity contribution < 1.29 is 19.2 Å². The van der Waals surface area contributed by atoms with Crippen LogP contribution in [0.5, 0.6) is 0 Å². The Bertz CT molecular complexity index is 733. The van der Waals surface area contributed by atoms with E-state index in [-0.39, 0.29) is 17.2 Å². The first kappa shape index (κ1) is 14.4. The fraction of sp³-hybridized carbons (Fsp3) is 0.0769. The van der Waals surface area contributed by atoms with E-state index in [4.69, 9.17) is 5.11 Å². The Kier molecular flexibility index (Phi) is 3.79. The van der Waals surface area contributed by atoms with E-state index in [1.807, 2.05) is 0 Å². The third-order valence-corrected chi connectivity index (χ3v) is 2.66. The molecule has 0 aliphatic heterocycles. The van der Waals surface area contributed by atoms with Crippen LogP contribution in [0.1, 0.15) is 15.9 Å². The lowest BCUT2D eigenvalue weighted by atomic mass is 10.2. The normalized spacial score (nSPS) is 10.2. The first-order valence-electron chi connectivity index (χ1n) is 5.79. The van der Waals surface area contributed by atoms with Crippen LogP contribution in [-0.2, 0) is 0 Å². The Labute approximate surface area is 118 Å². The van der Waals surface area contributed by atoms with Crippen molar-refractivity contribution in [3.8, 4) is 0 Å². The second kappa shape index (κ2) is 5.53. The van der Waals surface area contributed by atoms with E-state index in [1.54, 1.807) is 6.92 Å². The van der Waals surface area contributed by atoms with Crippen LogP contribution in [0.15, 0.2) is 30.5 Å². The van der Waals surface area contributed by atoms with E-state index in [9.17, 15) is 19.3 Å². The third-order valence-electron chi connectivity index (χ3n) is 2.66. The van der Waals surface area contributed by atoms with Gasteiger partial charge in [-0.2, -0.15) is 0 Å². The Morgan fingerprint density at radius 2 is 2.14 bits per heavy atom. The summed E-state index contributed by atoms with van der Waals surface area (Å²) >= 11 is 0. The highest BCUT2D eigenvalue weighted by atomic mass is 19.1. The summed E-state index contributed by atoms with van der Waals surface area (Å²) < 4.78 is 13.6. The second-order valence-electron chi connectivity index (χ2n) is 4.26. The van der Waals surface area contributed by atoms with Gasteiger partial charge in [-0.15, -0.1) is 0 Å². The molecular weight excluding hydrogens is 281 g/mol. The summed E-state index contributed by atoms with van der Waals surface area (Å²) in [6.07, 6.45) is 1.43. The van der Waals surface area contributed by atoms with Crippen molar-refractivity contribution >= 4 is 23.2 Å². The van der Waals surface area contributed by atoms with Gasteiger partial charge in [0, 0.05) is 18.0 Å². The molecule has 8 heteroatoms. The maximum absolute atomic E-state index is 13.6. The Morgan fingerprint density at radius 1 is 1.43 bits per heavy atom. The topological polar surface area (TPSA) is 105 Å². The number of carbonyl (C=O) groups is 1. The van der Waals surface area contributed by atoms with Gasteiger partial charge in [-0.3, -0.25) is 10.1 Å². The summed E-state index contributed by atoms with van der Waals surface area (Å²) in [6.45, 7) is 1.66. The van der Waals surface area contributed by atoms with Crippen molar-refractivity contribution in [1.29, 1.82) is 0 Å². The number of nitro groups is 1. The third kappa shape index (κ3) is 3.11. The first-order chi connectivity index (χ1) is 9.88. The second-order valence-corrected chi connectivity index (χ2v) is 4.26. The number of nitrogens with one attached hydrogen (secondary N) is 1. The maximum Gasteiger partial charge on any atom is 0.338 e. The van der Waals surface area contributed by atoms with E-state index >= 15 is 0 Å². The average molecular weight is 291 g/mol. The molecule has 1 aromatic carbocycles. The van der Waals surface area contributed by atoms with Gasteiger partial charge in [0.25, 0.3) is 0 Å². The highest BCUT2D eigenvalue weighted by molar-refractivity contribution is 5.88. The molecule has 108 valence electrons. The largest absolute Gasteiger partial charge is 0.478 e. The van der Waals surface area contributed by atoms with Gasteiger partial charge >= 0.3 is 11.7 Å². The zero-order valence-electron chi connectivity index (χ0n) is 10.8. The van der Waals surface area contributed by atoms with Crippen LogP contribution in [0.2, 0.25) is 0 Å². The molecule has 2 aromatic rings. The zero-order chi connectivity index (χ0) is 15.6. The van der Waals surface area contributed by atoms with Crippen LogP contribution < -0.4 is 5.32 Å². The van der Waals surface area contributed by atoms with Crippen molar-refractivity contribution in [2.45, 2.75) is 6.92 Å². The highest BCUT2D eigenvalue weighted by Crippen LogP contribution is 2.26.